The highest BCUT2D eigenvalue weighted by atomic mass is 35.5. The molecule has 1 aliphatic heterocycles. The van der Waals surface area contributed by atoms with Crippen LogP contribution in [0.15, 0.2) is 29.3 Å². The quantitative estimate of drug-likeness (QED) is 0.806. The molecule has 0 radical (unpaired) electrons. The maximum Gasteiger partial charge on any atom is 0.198 e. The Kier molecular flexibility index (Phi) is 6.71. The summed E-state index contributed by atoms with van der Waals surface area (Å²) in [5.74, 6) is 3.01. The van der Waals surface area contributed by atoms with Crippen LogP contribution in [0.25, 0.3) is 0 Å². The second kappa shape index (κ2) is 8.54. The van der Waals surface area contributed by atoms with Gasteiger partial charge in [0, 0.05) is 0 Å². The smallest absolute Gasteiger partial charge is 0.198 e. The molecule has 0 aromatic heterocycles. The zero-order chi connectivity index (χ0) is 14.5. The minimum atomic E-state index is 0. The highest BCUT2D eigenvalue weighted by Gasteiger charge is 2.20. The molecule has 1 saturated carbocycles. The standard InChI is InChI=1S/C18H26N2O.ClH/c1-14-13-19-18(20-14)11-12-21-17-10-6-5-9-16(17)15-7-3-2-4-8-15;/h5-6,9-10,14-15H,2-4,7-8,11-13H2,1H3,(H,19,20);1H. The van der Waals surface area contributed by atoms with Gasteiger partial charge in [0.15, 0.2) is 5.84 Å². The summed E-state index contributed by atoms with van der Waals surface area (Å²) in [6.07, 6.45) is 7.69. The van der Waals surface area contributed by atoms with Crippen LogP contribution in [0.2, 0.25) is 0 Å². The number of benzene rings is 1. The van der Waals surface area contributed by atoms with Crippen LogP contribution in [0.1, 0.15) is 56.9 Å². The summed E-state index contributed by atoms with van der Waals surface area (Å²) in [6, 6.07) is 9.23. The summed E-state index contributed by atoms with van der Waals surface area (Å²) in [7, 11) is 0. The lowest BCUT2D eigenvalue weighted by molar-refractivity contribution is -0.566. The fourth-order valence-electron chi connectivity index (χ4n) is 3.49. The molecule has 1 aromatic rings. The molecule has 0 bridgehead atoms. The summed E-state index contributed by atoms with van der Waals surface area (Å²) >= 11 is 0. The van der Waals surface area contributed by atoms with Crippen LogP contribution < -0.4 is 22.5 Å². The molecule has 2 N–H and O–H groups in total. The summed E-state index contributed by atoms with van der Waals surface area (Å²) in [6.45, 7) is 3.91. The van der Waals surface area contributed by atoms with Crippen molar-refractivity contribution >= 4 is 5.84 Å². The Labute approximate surface area is 140 Å². The van der Waals surface area contributed by atoms with Crippen molar-refractivity contribution in [3.8, 4) is 5.75 Å². The molecule has 1 heterocycles. The average molecular weight is 323 g/mol. The molecule has 1 fully saturated rings. The number of para-hydroxylation sites is 1. The first-order valence-corrected chi connectivity index (χ1v) is 8.43. The van der Waals surface area contributed by atoms with Gasteiger partial charge in [-0.3, -0.25) is 5.32 Å². The minimum Gasteiger partial charge on any atom is -1.00 e. The maximum absolute atomic E-state index is 6.09. The van der Waals surface area contributed by atoms with Gasteiger partial charge in [-0.2, -0.15) is 0 Å². The van der Waals surface area contributed by atoms with E-state index in [9.17, 15) is 0 Å². The number of nitrogens with zero attached hydrogens (tertiary/aromatic N) is 1. The van der Waals surface area contributed by atoms with E-state index < -0.39 is 0 Å². The van der Waals surface area contributed by atoms with Gasteiger partial charge in [-0.15, -0.1) is 0 Å². The lowest BCUT2D eigenvalue weighted by atomic mass is 9.84. The van der Waals surface area contributed by atoms with Crippen LogP contribution in [0.5, 0.6) is 5.75 Å². The number of aliphatic imine (C=N–C) groups is 1. The van der Waals surface area contributed by atoms with E-state index in [1.165, 1.54) is 43.5 Å². The number of halogens is 1. The fraction of sp³-hybridized carbons (Fsp3) is 0.611. The van der Waals surface area contributed by atoms with Crippen LogP contribution in [0.3, 0.4) is 0 Å². The van der Waals surface area contributed by atoms with E-state index in [1.54, 1.807) is 0 Å². The van der Waals surface area contributed by atoms with Crippen molar-refractivity contribution < 1.29 is 22.5 Å². The average Bonchev–Trinajstić information content (AvgIpc) is 2.94. The van der Waals surface area contributed by atoms with Crippen molar-refractivity contribution in [3.63, 3.8) is 0 Å². The van der Waals surface area contributed by atoms with E-state index in [0.29, 0.717) is 12.0 Å². The van der Waals surface area contributed by atoms with Gasteiger partial charge in [-0.25, -0.2) is 4.99 Å². The lowest BCUT2D eigenvalue weighted by Gasteiger charge is -2.24. The largest absolute Gasteiger partial charge is 1.00 e. The van der Waals surface area contributed by atoms with Crippen LogP contribution in [0, 0.1) is 0 Å². The third kappa shape index (κ3) is 4.47. The van der Waals surface area contributed by atoms with E-state index in [1.807, 2.05) is 0 Å². The summed E-state index contributed by atoms with van der Waals surface area (Å²) in [5.41, 5.74) is 1.42. The van der Waals surface area contributed by atoms with Crippen molar-refractivity contribution in [1.82, 2.24) is 0 Å². The molecule has 0 spiro atoms. The number of hydrogen-bond donors (Lipinski definition) is 1. The molecular weight excluding hydrogens is 296 g/mol. The molecule has 3 nitrogen and oxygen atoms in total. The van der Waals surface area contributed by atoms with Crippen molar-refractivity contribution in [2.24, 2.45) is 4.99 Å². The molecule has 1 unspecified atom stereocenters. The third-order valence-electron chi connectivity index (χ3n) is 4.64. The van der Waals surface area contributed by atoms with E-state index in [0.717, 1.165) is 25.3 Å². The molecule has 2 aliphatic rings. The Bertz CT molecular complexity index is 498. The van der Waals surface area contributed by atoms with Crippen molar-refractivity contribution in [1.29, 1.82) is 0 Å². The van der Waals surface area contributed by atoms with Gasteiger partial charge in [0.1, 0.15) is 11.8 Å². The Hall–Kier alpha value is -1.06. The molecule has 0 amide bonds. The van der Waals surface area contributed by atoms with Crippen molar-refractivity contribution in [2.75, 3.05) is 13.2 Å². The van der Waals surface area contributed by atoms with Gasteiger partial charge in [0.2, 0.25) is 0 Å². The first-order chi connectivity index (χ1) is 10.3. The molecule has 4 heteroatoms. The second-order valence-corrected chi connectivity index (χ2v) is 6.45. The SMILES string of the molecule is CC1CN=C(CCOc2ccccc2C2CCCCC2)[NH2+]1.[Cl-]. The molecule has 122 valence electrons. The number of hydrogen-bond acceptors (Lipinski definition) is 2. The summed E-state index contributed by atoms with van der Waals surface area (Å²) < 4.78 is 6.09. The second-order valence-electron chi connectivity index (χ2n) is 6.45. The van der Waals surface area contributed by atoms with Crippen molar-refractivity contribution in [3.05, 3.63) is 29.8 Å². The van der Waals surface area contributed by atoms with Crippen LogP contribution in [0.4, 0.5) is 0 Å². The van der Waals surface area contributed by atoms with E-state index in [4.69, 9.17) is 4.74 Å². The Morgan fingerprint density at radius 3 is 2.68 bits per heavy atom. The van der Waals surface area contributed by atoms with Gasteiger partial charge in [-0.1, -0.05) is 37.5 Å². The zero-order valence-electron chi connectivity index (χ0n) is 13.4. The monoisotopic (exact) mass is 322 g/mol. The lowest BCUT2D eigenvalue weighted by Crippen LogP contribution is -3.00. The van der Waals surface area contributed by atoms with Gasteiger partial charge in [-0.05, 0) is 37.3 Å². The minimum absolute atomic E-state index is 0. The molecule has 1 atom stereocenters. The molecular formula is C18H27ClN2O. The first kappa shape index (κ1) is 17.3. The highest BCUT2D eigenvalue weighted by molar-refractivity contribution is 5.73. The highest BCUT2D eigenvalue weighted by Crippen LogP contribution is 2.37. The van der Waals surface area contributed by atoms with Gasteiger partial charge in [0.05, 0.1) is 19.6 Å². The fourth-order valence-corrected chi connectivity index (χ4v) is 3.49. The summed E-state index contributed by atoms with van der Waals surface area (Å²) in [5, 5.41) is 2.27. The van der Waals surface area contributed by atoms with E-state index >= 15 is 0 Å². The van der Waals surface area contributed by atoms with Crippen molar-refractivity contribution in [2.45, 2.75) is 57.4 Å². The molecule has 22 heavy (non-hydrogen) atoms. The normalized spacial score (nSPS) is 22.0. The predicted molar refractivity (Wildman–Crippen MR) is 86.1 cm³/mol. The Morgan fingerprint density at radius 2 is 1.95 bits per heavy atom. The topological polar surface area (TPSA) is 38.2 Å². The first-order valence-electron chi connectivity index (χ1n) is 8.43. The molecule has 1 aliphatic carbocycles. The number of amidine groups is 1. The van der Waals surface area contributed by atoms with E-state index in [-0.39, 0.29) is 12.4 Å². The van der Waals surface area contributed by atoms with Crippen LogP contribution in [-0.2, 0) is 0 Å². The predicted octanol–water partition coefficient (Wildman–Crippen LogP) is -0.129. The van der Waals surface area contributed by atoms with E-state index in [2.05, 4.69) is 41.5 Å². The molecule has 3 rings (SSSR count). The number of rotatable bonds is 5. The van der Waals surface area contributed by atoms with Crippen LogP contribution >= 0.6 is 0 Å². The van der Waals surface area contributed by atoms with Gasteiger partial charge >= 0.3 is 0 Å². The Morgan fingerprint density at radius 1 is 1.18 bits per heavy atom. The maximum atomic E-state index is 6.09. The summed E-state index contributed by atoms with van der Waals surface area (Å²) in [4.78, 5) is 4.54. The molecule has 0 saturated heterocycles. The number of ether oxygens (including phenoxy) is 1. The Balaban J connectivity index is 0.00000176. The van der Waals surface area contributed by atoms with Crippen LogP contribution in [-0.4, -0.2) is 25.0 Å². The zero-order valence-corrected chi connectivity index (χ0v) is 14.2. The van der Waals surface area contributed by atoms with Gasteiger partial charge in [0.25, 0.3) is 0 Å². The molecule has 1 aromatic carbocycles. The third-order valence-corrected chi connectivity index (χ3v) is 4.64. The number of quaternary nitrogens is 1. The number of nitrogens with two attached hydrogens (primary N) is 1. The van der Waals surface area contributed by atoms with Gasteiger partial charge < -0.3 is 17.1 Å².